The maximum absolute atomic E-state index is 11.4. The van der Waals surface area contributed by atoms with Gasteiger partial charge in [0, 0.05) is 6.08 Å². The Hall–Kier alpha value is -3.03. The largest absolute Gasteiger partial charge is 0.504 e. The fourth-order valence-corrected chi connectivity index (χ4v) is 1.33. The Morgan fingerprint density at radius 2 is 1.81 bits per heavy atom. The Morgan fingerprint density at radius 3 is 2.33 bits per heavy atom. The van der Waals surface area contributed by atoms with Crippen LogP contribution in [0.4, 0.5) is 0 Å². The lowest BCUT2D eigenvalue weighted by molar-refractivity contribution is -0.164. The van der Waals surface area contributed by atoms with E-state index >= 15 is 0 Å². The molecule has 1 aromatic carbocycles. The number of ether oxygens (including phenoxy) is 1. The molecule has 0 aliphatic carbocycles. The van der Waals surface area contributed by atoms with Crippen molar-refractivity contribution in [2.75, 3.05) is 0 Å². The van der Waals surface area contributed by atoms with Gasteiger partial charge in [0.05, 0.1) is 6.42 Å². The first-order valence-corrected chi connectivity index (χ1v) is 5.65. The number of carboxylic acid groups (broad SMARTS) is 2. The lowest BCUT2D eigenvalue weighted by Crippen LogP contribution is -2.28. The summed E-state index contributed by atoms with van der Waals surface area (Å²) < 4.78 is 4.48. The first-order chi connectivity index (χ1) is 9.79. The van der Waals surface area contributed by atoms with Gasteiger partial charge in [-0.1, -0.05) is 6.07 Å². The van der Waals surface area contributed by atoms with Crippen molar-refractivity contribution in [3.63, 3.8) is 0 Å². The number of carboxylic acids is 2. The monoisotopic (exact) mass is 296 g/mol. The molecule has 0 heterocycles. The zero-order valence-corrected chi connectivity index (χ0v) is 10.6. The van der Waals surface area contributed by atoms with E-state index in [0.717, 1.165) is 6.08 Å². The zero-order chi connectivity index (χ0) is 16.0. The maximum Gasteiger partial charge on any atom is 0.345 e. The highest BCUT2D eigenvalue weighted by molar-refractivity contribution is 5.90. The number of carbonyl (C=O) groups is 3. The summed E-state index contributed by atoms with van der Waals surface area (Å²) in [5, 5.41) is 35.5. The molecule has 0 aliphatic rings. The summed E-state index contributed by atoms with van der Waals surface area (Å²) in [5.74, 6) is -4.75. The Morgan fingerprint density at radius 1 is 1.14 bits per heavy atom. The molecule has 0 unspecified atom stereocenters. The van der Waals surface area contributed by atoms with Gasteiger partial charge in [-0.05, 0) is 23.8 Å². The summed E-state index contributed by atoms with van der Waals surface area (Å²) in [7, 11) is 0. The van der Waals surface area contributed by atoms with Crippen LogP contribution in [0.25, 0.3) is 6.08 Å². The van der Waals surface area contributed by atoms with Crippen molar-refractivity contribution in [2.45, 2.75) is 12.5 Å². The van der Waals surface area contributed by atoms with Crippen LogP contribution in [-0.2, 0) is 19.1 Å². The van der Waals surface area contributed by atoms with E-state index in [1.807, 2.05) is 0 Å². The molecule has 21 heavy (non-hydrogen) atoms. The first-order valence-electron chi connectivity index (χ1n) is 5.65. The quantitative estimate of drug-likeness (QED) is 0.339. The van der Waals surface area contributed by atoms with E-state index in [9.17, 15) is 19.5 Å². The Kier molecular flexibility index (Phi) is 5.30. The number of rotatable bonds is 6. The predicted molar refractivity (Wildman–Crippen MR) is 68.6 cm³/mol. The second kappa shape index (κ2) is 6.94. The molecule has 0 saturated carbocycles. The molecule has 1 atom stereocenters. The predicted octanol–water partition coefficient (Wildman–Crippen LogP) is 0.582. The standard InChI is InChI=1S/C13H12O8/c14-8-3-1-7(5-9(8)15)2-4-12(18)21-10(13(19)20)6-11(16)17/h1-5,10,14-15H,6H2,(H,16,17)(H,19,20)/b4-2+/t10-/m1/s1. The van der Waals surface area contributed by atoms with E-state index in [-0.39, 0.29) is 11.5 Å². The van der Waals surface area contributed by atoms with Crippen LogP contribution in [0.5, 0.6) is 11.5 Å². The topological polar surface area (TPSA) is 141 Å². The van der Waals surface area contributed by atoms with Crippen LogP contribution >= 0.6 is 0 Å². The number of carbonyl (C=O) groups excluding carboxylic acids is 1. The van der Waals surface area contributed by atoms with Gasteiger partial charge in [-0.3, -0.25) is 4.79 Å². The van der Waals surface area contributed by atoms with E-state index in [1.165, 1.54) is 24.3 Å². The van der Waals surface area contributed by atoms with Crippen molar-refractivity contribution in [3.8, 4) is 11.5 Å². The molecule has 0 aliphatic heterocycles. The molecule has 0 radical (unpaired) electrons. The van der Waals surface area contributed by atoms with Crippen LogP contribution in [-0.4, -0.2) is 44.4 Å². The molecule has 0 bridgehead atoms. The van der Waals surface area contributed by atoms with E-state index in [1.54, 1.807) is 0 Å². The number of benzene rings is 1. The van der Waals surface area contributed by atoms with Crippen molar-refractivity contribution in [1.82, 2.24) is 0 Å². The molecule has 1 aromatic rings. The number of phenols is 2. The number of aromatic hydroxyl groups is 2. The van der Waals surface area contributed by atoms with Gasteiger partial charge in [0.1, 0.15) is 0 Å². The second-order valence-electron chi connectivity index (χ2n) is 3.94. The summed E-state index contributed by atoms with van der Waals surface area (Å²) in [6.45, 7) is 0. The number of hydrogen-bond donors (Lipinski definition) is 4. The van der Waals surface area contributed by atoms with Crippen molar-refractivity contribution < 1.29 is 39.5 Å². The second-order valence-corrected chi connectivity index (χ2v) is 3.94. The molecule has 1 rings (SSSR count). The Bertz CT molecular complexity index is 590. The third kappa shape index (κ3) is 5.23. The number of aliphatic carboxylic acids is 2. The lowest BCUT2D eigenvalue weighted by atomic mass is 10.2. The van der Waals surface area contributed by atoms with E-state index in [2.05, 4.69) is 4.74 Å². The van der Waals surface area contributed by atoms with Crippen LogP contribution in [0.2, 0.25) is 0 Å². The van der Waals surface area contributed by atoms with Crippen molar-refractivity contribution >= 4 is 24.0 Å². The molecule has 0 fully saturated rings. The molecule has 0 aromatic heterocycles. The highest BCUT2D eigenvalue weighted by Gasteiger charge is 2.24. The van der Waals surface area contributed by atoms with E-state index < -0.39 is 30.4 Å². The van der Waals surface area contributed by atoms with Crippen LogP contribution in [0.15, 0.2) is 24.3 Å². The molecule has 8 heteroatoms. The SMILES string of the molecule is O=C(O)C[C@@H](OC(=O)/C=C/c1ccc(O)c(O)c1)C(=O)O. The normalized spacial score (nSPS) is 12.0. The number of phenolic OH excluding ortho intramolecular Hbond substituents is 2. The van der Waals surface area contributed by atoms with Crippen LogP contribution in [0, 0.1) is 0 Å². The molecule has 8 nitrogen and oxygen atoms in total. The van der Waals surface area contributed by atoms with Gasteiger partial charge in [-0.15, -0.1) is 0 Å². The minimum absolute atomic E-state index is 0.331. The van der Waals surface area contributed by atoms with Crippen molar-refractivity contribution in [1.29, 1.82) is 0 Å². The van der Waals surface area contributed by atoms with Crippen molar-refractivity contribution in [3.05, 3.63) is 29.8 Å². The molecule has 4 N–H and O–H groups in total. The third-order valence-electron chi connectivity index (χ3n) is 2.31. The summed E-state index contributed by atoms with van der Waals surface area (Å²) in [6, 6.07) is 3.76. The fraction of sp³-hybridized carbons (Fsp3) is 0.154. The fourth-order valence-electron chi connectivity index (χ4n) is 1.33. The Labute approximate surface area is 118 Å². The molecule has 0 saturated heterocycles. The highest BCUT2D eigenvalue weighted by Crippen LogP contribution is 2.25. The molecule has 0 amide bonds. The van der Waals surface area contributed by atoms with Gasteiger partial charge in [0.2, 0.25) is 6.10 Å². The first kappa shape index (κ1) is 16.0. The average Bonchev–Trinajstić information content (AvgIpc) is 2.38. The summed E-state index contributed by atoms with van der Waals surface area (Å²) in [4.78, 5) is 32.5. The highest BCUT2D eigenvalue weighted by atomic mass is 16.6. The van der Waals surface area contributed by atoms with Gasteiger partial charge in [-0.2, -0.15) is 0 Å². The molecule has 112 valence electrons. The van der Waals surface area contributed by atoms with Gasteiger partial charge in [-0.25, -0.2) is 9.59 Å². The smallest absolute Gasteiger partial charge is 0.345 e. The number of hydrogen-bond acceptors (Lipinski definition) is 6. The van der Waals surface area contributed by atoms with Crippen LogP contribution < -0.4 is 0 Å². The molecule has 0 spiro atoms. The van der Waals surface area contributed by atoms with Gasteiger partial charge >= 0.3 is 17.9 Å². The van der Waals surface area contributed by atoms with Crippen LogP contribution in [0.3, 0.4) is 0 Å². The Balaban J connectivity index is 2.70. The zero-order valence-electron chi connectivity index (χ0n) is 10.6. The molecular weight excluding hydrogens is 284 g/mol. The van der Waals surface area contributed by atoms with Gasteiger partial charge in [0.25, 0.3) is 0 Å². The number of esters is 1. The summed E-state index contributed by atoms with van der Waals surface area (Å²) in [6.07, 6.45) is -0.549. The van der Waals surface area contributed by atoms with Gasteiger partial charge < -0.3 is 25.2 Å². The minimum atomic E-state index is -1.78. The maximum atomic E-state index is 11.4. The van der Waals surface area contributed by atoms with Crippen molar-refractivity contribution in [2.24, 2.45) is 0 Å². The average molecular weight is 296 g/mol. The lowest BCUT2D eigenvalue weighted by Gasteiger charge is -2.09. The van der Waals surface area contributed by atoms with E-state index in [0.29, 0.717) is 5.56 Å². The third-order valence-corrected chi connectivity index (χ3v) is 2.31. The molecular formula is C13H12O8. The van der Waals surface area contributed by atoms with E-state index in [4.69, 9.17) is 15.3 Å². The van der Waals surface area contributed by atoms with Crippen LogP contribution in [0.1, 0.15) is 12.0 Å². The summed E-state index contributed by atoms with van der Waals surface area (Å²) >= 11 is 0. The minimum Gasteiger partial charge on any atom is -0.504 e. The summed E-state index contributed by atoms with van der Waals surface area (Å²) in [5.41, 5.74) is 0.354. The van der Waals surface area contributed by atoms with Gasteiger partial charge in [0.15, 0.2) is 11.5 Å².